The molecule has 0 aliphatic rings. The van der Waals surface area contributed by atoms with Crippen molar-refractivity contribution in [3.05, 3.63) is 192 Å². The standard InChI is InChI=1S/C53H27F6N5/c54-52(55,56)39-23-38(24-40(27-39)53(57,58)59)51-49(63-45-13-3-1-11-41(45)43-25-36(15-17-47(43)63)34-9-5-7-31(19-34)28-60)21-33(30-62)22-50(51)64-46-14-4-2-12-42(46)44-26-37(16-18-48(44)64)35-10-6-8-32(20-35)29-61/h1-27H. The van der Waals surface area contributed by atoms with E-state index in [1.165, 1.54) is 12.1 Å². The maximum Gasteiger partial charge on any atom is 0.416 e. The van der Waals surface area contributed by atoms with Crippen molar-refractivity contribution in [1.82, 2.24) is 9.13 Å². The van der Waals surface area contributed by atoms with Gasteiger partial charge in [-0.1, -0.05) is 72.8 Å². The van der Waals surface area contributed by atoms with Crippen LogP contribution in [0.2, 0.25) is 0 Å². The number of hydrogen-bond donors (Lipinski definition) is 0. The molecule has 0 unspecified atom stereocenters. The number of para-hydroxylation sites is 2. The third-order valence-corrected chi connectivity index (χ3v) is 11.6. The topological polar surface area (TPSA) is 81.2 Å². The van der Waals surface area contributed by atoms with Gasteiger partial charge in [0.1, 0.15) is 0 Å². The molecular weight excluding hydrogens is 821 g/mol. The Morgan fingerprint density at radius 2 is 0.750 bits per heavy atom. The van der Waals surface area contributed by atoms with Gasteiger partial charge >= 0.3 is 12.4 Å². The molecule has 10 aromatic rings. The average Bonchev–Trinajstić information content (AvgIpc) is 3.82. The second-order valence-electron chi connectivity index (χ2n) is 15.4. The zero-order chi connectivity index (χ0) is 44.5. The van der Waals surface area contributed by atoms with Crippen LogP contribution < -0.4 is 0 Å². The van der Waals surface area contributed by atoms with E-state index in [0.29, 0.717) is 33.2 Å². The molecule has 0 aliphatic carbocycles. The fraction of sp³-hybridized carbons (Fsp3) is 0.0377. The van der Waals surface area contributed by atoms with E-state index in [1.54, 1.807) is 57.7 Å². The van der Waals surface area contributed by atoms with Gasteiger partial charge in [-0.05, 0) is 119 Å². The molecule has 0 atom stereocenters. The van der Waals surface area contributed by atoms with Crippen molar-refractivity contribution < 1.29 is 26.3 Å². The number of rotatable bonds is 5. The first kappa shape index (κ1) is 39.5. The highest BCUT2D eigenvalue weighted by Gasteiger charge is 2.38. The quantitative estimate of drug-likeness (QED) is 0.162. The van der Waals surface area contributed by atoms with Gasteiger partial charge < -0.3 is 9.13 Å². The molecule has 11 heteroatoms. The monoisotopic (exact) mass is 847 g/mol. The molecule has 2 aromatic heterocycles. The molecule has 0 amide bonds. The van der Waals surface area contributed by atoms with E-state index in [-0.39, 0.29) is 34.1 Å². The van der Waals surface area contributed by atoms with Crippen LogP contribution in [0.25, 0.3) is 88.4 Å². The van der Waals surface area contributed by atoms with Crippen LogP contribution in [0.3, 0.4) is 0 Å². The van der Waals surface area contributed by atoms with Crippen molar-refractivity contribution in [2.24, 2.45) is 0 Å². The second kappa shape index (κ2) is 14.8. The van der Waals surface area contributed by atoms with Crippen LogP contribution in [0.4, 0.5) is 26.3 Å². The van der Waals surface area contributed by atoms with Gasteiger partial charge in [-0.25, -0.2) is 0 Å². The number of alkyl halides is 6. The highest BCUT2D eigenvalue weighted by molar-refractivity contribution is 6.13. The SMILES string of the molecule is N#Cc1cccc(-c2ccc3c(c2)c2ccccc2n3-c2cc(C#N)cc(-n3c4ccccc4c4cc(-c5cccc(C#N)c5)ccc43)c2-c2cc(C(F)(F)F)cc(C(F)(F)F)c2)c1. The third kappa shape index (κ3) is 6.57. The van der Waals surface area contributed by atoms with Crippen LogP contribution in [0.5, 0.6) is 0 Å². The largest absolute Gasteiger partial charge is 0.416 e. The van der Waals surface area contributed by atoms with Gasteiger partial charge in [-0.15, -0.1) is 0 Å². The summed E-state index contributed by atoms with van der Waals surface area (Å²) in [6.07, 6.45) is -10.3. The lowest BCUT2D eigenvalue weighted by atomic mass is 9.94. The van der Waals surface area contributed by atoms with Crippen LogP contribution in [0.1, 0.15) is 27.8 Å². The predicted octanol–water partition coefficient (Wildman–Crippen LogP) is 14.5. The maximum atomic E-state index is 14.7. The number of aromatic nitrogens is 2. The van der Waals surface area contributed by atoms with Crippen molar-refractivity contribution in [3.8, 4) is 63.0 Å². The summed E-state index contributed by atoms with van der Waals surface area (Å²) in [5, 5.41) is 32.8. The first-order chi connectivity index (χ1) is 30.8. The number of nitriles is 3. The molecule has 10 rings (SSSR count). The first-order valence-electron chi connectivity index (χ1n) is 19.8. The van der Waals surface area contributed by atoms with E-state index in [1.807, 2.05) is 84.9 Å². The Hall–Kier alpha value is -8.59. The molecule has 0 bridgehead atoms. The Labute approximate surface area is 360 Å². The molecule has 2 heterocycles. The Kier molecular flexibility index (Phi) is 9.14. The summed E-state index contributed by atoms with van der Waals surface area (Å²) in [5.41, 5.74) is 3.39. The van der Waals surface area contributed by atoms with Crippen molar-refractivity contribution in [2.45, 2.75) is 12.4 Å². The van der Waals surface area contributed by atoms with Crippen LogP contribution in [-0.4, -0.2) is 9.13 Å². The highest BCUT2D eigenvalue weighted by atomic mass is 19.4. The lowest BCUT2D eigenvalue weighted by Crippen LogP contribution is -2.12. The molecule has 0 fully saturated rings. The summed E-state index contributed by atoms with van der Waals surface area (Å²) in [4.78, 5) is 0. The van der Waals surface area contributed by atoms with Gasteiger partial charge in [-0.3, -0.25) is 0 Å². The molecule has 0 N–H and O–H groups in total. The molecule has 5 nitrogen and oxygen atoms in total. The van der Waals surface area contributed by atoms with E-state index in [0.717, 1.165) is 55.9 Å². The van der Waals surface area contributed by atoms with Crippen molar-refractivity contribution in [2.75, 3.05) is 0 Å². The molecule has 0 radical (unpaired) electrons. The van der Waals surface area contributed by atoms with Gasteiger partial charge in [0.2, 0.25) is 0 Å². The Balaban J connectivity index is 1.35. The van der Waals surface area contributed by atoms with Gasteiger partial charge in [0.15, 0.2) is 0 Å². The van der Waals surface area contributed by atoms with Crippen LogP contribution in [0, 0.1) is 34.0 Å². The van der Waals surface area contributed by atoms with E-state index in [4.69, 9.17) is 0 Å². The number of fused-ring (bicyclic) bond motifs is 6. The number of halogens is 6. The molecule has 8 aromatic carbocycles. The average molecular weight is 848 g/mol. The van der Waals surface area contributed by atoms with E-state index in [2.05, 4.69) is 18.2 Å². The summed E-state index contributed by atoms with van der Waals surface area (Å²) in [5.74, 6) is 0. The van der Waals surface area contributed by atoms with Crippen molar-refractivity contribution in [1.29, 1.82) is 15.8 Å². The second-order valence-corrected chi connectivity index (χ2v) is 15.4. The normalized spacial score (nSPS) is 11.9. The van der Waals surface area contributed by atoms with E-state index in [9.17, 15) is 42.1 Å². The number of nitrogens with zero attached hydrogens (tertiary/aromatic N) is 5. The molecule has 0 saturated heterocycles. The molecule has 306 valence electrons. The van der Waals surface area contributed by atoms with Crippen LogP contribution in [0.15, 0.2) is 164 Å². The van der Waals surface area contributed by atoms with Crippen molar-refractivity contribution in [3.63, 3.8) is 0 Å². The summed E-state index contributed by atoms with van der Waals surface area (Å²) >= 11 is 0. The minimum atomic E-state index is -5.15. The smallest absolute Gasteiger partial charge is 0.308 e. The Morgan fingerprint density at radius 1 is 0.344 bits per heavy atom. The maximum absolute atomic E-state index is 14.7. The van der Waals surface area contributed by atoms with Gasteiger partial charge in [0.05, 0.1) is 79.5 Å². The van der Waals surface area contributed by atoms with E-state index < -0.39 is 23.5 Å². The fourth-order valence-electron chi connectivity index (χ4n) is 8.78. The van der Waals surface area contributed by atoms with Crippen LogP contribution >= 0.6 is 0 Å². The predicted molar refractivity (Wildman–Crippen MR) is 236 cm³/mol. The first-order valence-corrected chi connectivity index (χ1v) is 19.8. The van der Waals surface area contributed by atoms with Crippen LogP contribution in [-0.2, 0) is 12.4 Å². The number of hydrogen-bond acceptors (Lipinski definition) is 3. The summed E-state index contributed by atoms with van der Waals surface area (Å²) in [6, 6.07) is 51.1. The summed E-state index contributed by atoms with van der Waals surface area (Å²) in [6.45, 7) is 0. The molecule has 0 saturated carbocycles. The summed E-state index contributed by atoms with van der Waals surface area (Å²) < 4.78 is 92.0. The zero-order valence-electron chi connectivity index (χ0n) is 33.1. The van der Waals surface area contributed by atoms with Gasteiger partial charge in [-0.2, -0.15) is 42.1 Å². The van der Waals surface area contributed by atoms with E-state index >= 15 is 0 Å². The minimum absolute atomic E-state index is 0.0116. The van der Waals surface area contributed by atoms with Gasteiger partial charge in [0.25, 0.3) is 0 Å². The molecule has 0 aliphatic heterocycles. The Morgan fingerprint density at radius 3 is 1.17 bits per heavy atom. The fourth-order valence-corrected chi connectivity index (χ4v) is 8.78. The Bertz CT molecular complexity index is 3470. The molecule has 0 spiro atoms. The summed E-state index contributed by atoms with van der Waals surface area (Å²) in [7, 11) is 0. The lowest BCUT2D eigenvalue weighted by molar-refractivity contribution is -0.143. The third-order valence-electron chi connectivity index (χ3n) is 11.6. The minimum Gasteiger partial charge on any atom is -0.308 e. The van der Waals surface area contributed by atoms with Gasteiger partial charge in [0, 0.05) is 27.1 Å². The molecular formula is C53H27F6N5. The van der Waals surface area contributed by atoms with Crippen molar-refractivity contribution >= 4 is 43.6 Å². The lowest BCUT2D eigenvalue weighted by Gasteiger charge is -2.22. The highest BCUT2D eigenvalue weighted by Crippen LogP contribution is 2.46. The molecule has 64 heavy (non-hydrogen) atoms. The zero-order valence-corrected chi connectivity index (χ0v) is 33.1. The number of benzene rings is 8.